The van der Waals surface area contributed by atoms with Crippen molar-refractivity contribution in [2.75, 3.05) is 32.7 Å². The molecule has 0 aliphatic carbocycles. The summed E-state index contributed by atoms with van der Waals surface area (Å²) in [6.45, 7) is 4.68. The van der Waals surface area contributed by atoms with E-state index >= 15 is 0 Å². The molecule has 0 radical (unpaired) electrons. The van der Waals surface area contributed by atoms with Gasteiger partial charge in [-0.05, 0) is 12.1 Å². The minimum Gasteiger partial charge on any atom is -0.385 e. The van der Waals surface area contributed by atoms with Crippen molar-refractivity contribution in [3.8, 4) is 0 Å². The van der Waals surface area contributed by atoms with Crippen LogP contribution in [0.3, 0.4) is 0 Å². The Hall–Kier alpha value is -2.37. The summed E-state index contributed by atoms with van der Waals surface area (Å²) in [4.78, 5) is 14.0. The first-order valence-corrected chi connectivity index (χ1v) is 8.93. The van der Waals surface area contributed by atoms with E-state index in [1.165, 1.54) is 26.7 Å². The van der Waals surface area contributed by atoms with Crippen LogP contribution in [0.5, 0.6) is 0 Å². The molecule has 3 aromatic rings. The minimum absolute atomic E-state index is 0.406. The Balaban J connectivity index is 1.54. The zero-order valence-corrected chi connectivity index (χ0v) is 14.3. The maximum Gasteiger partial charge on any atom is 0.210 e. The number of rotatable bonds is 5. The number of aromatic nitrogens is 1. The van der Waals surface area contributed by atoms with Crippen molar-refractivity contribution in [2.45, 2.75) is 12.6 Å². The molecule has 4 rings (SSSR count). The summed E-state index contributed by atoms with van der Waals surface area (Å²) in [7, 11) is 0. The third-order valence-corrected chi connectivity index (χ3v) is 5.25. The number of quaternary nitrogens is 1. The Morgan fingerprint density at radius 3 is 2.12 bits per heavy atom. The summed E-state index contributed by atoms with van der Waals surface area (Å²) >= 11 is 0. The smallest absolute Gasteiger partial charge is 0.210 e. The number of aliphatic hydroxyl groups is 1. The number of piperazine rings is 1. The first-order valence-electron chi connectivity index (χ1n) is 8.93. The van der Waals surface area contributed by atoms with E-state index in [0.29, 0.717) is 13.1 Å². The van der Waals surface area contributed by atoms with E-state index in [2.05, 4.69) is 41.0 Å². The average molecular weight is 338 g/mol. The lowest BCUT2D eigenvalue weighted by Gasteiger charge is -2.31. The van der Waals surface area contributed by atoms with Crippen LogP contribution in [0.4, 0.5) is 0 Å². The molecule has 2 N–H and O–H groups in total. The van der Waals surface area contributed by atoms with Crippen molar-refractivity contribution >= 4 is 28.2 Å². The maximum atomic E-state index is 10.8. The van der Waals surface area contributed by atoms with Crippen molar-refractivity contribution in [3.05, 3.63) is 48.5 Å². The fourth-order valence-electron chi connectivity index (χ4n) is 3.96. The minimum atomic E-state index is -0.406. The molecule has 2 heterocycles. The zero-order chi connectivity index (χ0) is 17.2. The van der Waals surface area contributed by atoms with E-state index in [0.717, 1.165) is 32.6 Å². The van der Waals surface area contributed by atoms with Gasteiger partial charge in [-0.3, -0.25) is 4.79 Å². The summed E-state index contributed by atoms with van der Waals surface area (Å²) in [5.41, 5.74) is 2.34. The number of hydrogen-bond donors (Lipinski definition) is 2. The van der Waals surface area contributed by atoms with Crippen molar-refractivity contribution in [3.63, 3.8) is 0 Å². The molecule has 1 saturated heterocycles. The average Bonchev–Trinajstić information content (AvgIpc) is 2.97. The molecular weight excluding hydrogens is 314 g/mol. The number of benzene rings is 2. The van der Waals surface area contributed by atoms with Crippen molar-refractivity contribution < 1.29 is 14.8 Å². The van der Waals surface area contributed by atoms with E-state index in [4.69, 9.17) is 0 Å². The van der Waals surface area contributed by atoms with Crippen molar-refractivity contribution in [2.24, 2.45) is 0 Å². The van der Waals surface area contributed by atoms with E-state index in [1.807, 2.05) is 17.0 Å². The van der Waals surface area contributed by atoms with Crippen molar-refractivity contribution in [1.82, 2.24) is 9.47 Å². The van der Waals surface area contributed by atoms with Gasteiger partial charge in [0.2, 0.25) is 6.41 Å². The Kier molecular flexibility index (Phi) is 4.42. The topological polar surface area (TPSA) is 49.9 Å². The molecule has 1 aliphatic rings. The lowest BCUT2D eigenvalue weighted by Crippen LogP contribution is -3.15. The van der Waals surface area contributed by atoms with Crippen LogP contribution >= 0.6 is 0 Å². The Morgan fingerprint density at radius 1 is 1.00 bits per heavy atom. The lowest BCUT2D eigenvalue weighted by molar-refractivity contribution is -0.907. The highest BCUT2D eigenvalue weighted by Crippen LogP contribution is 2.28. The van der Waals surface area contributed by atoms with Gasteiger partial charge in [0, 0.05) is 21.8 Å². The highest BCUT2D eigenvalue weighted by molar-refractivity contribution is 6.07. The van der Waals surface area contributed by atoms with Crippen LogP contribution in [0.25, 0.3) is 21.8 Å². The van der Waals surface area contributed by atoms with Crippen molar-refractivity contribution in [1.29, 1.82) is 0 Å². The highest BCUT2D eigenvalue weighted by atomic mass is 16.3. The van der Waals surface area contributed by atoms with Crippen LogP contribution in [0, 0.1) is 0 Å². The number of para-hydroxylation sites is 2. The number of amides is 1. The summed E-state index contributed by atoms with van der Waals surface area (Å²) in [6.07, 6.45) is 0.516. The summed E-state index contributed by atoms with van der Waals surface area (Å²) in [5, 5.41) is 13.2. The molecular formula is C20H24N3O2+. The van der Waals surface area contributed by atoms with Crippen LogP contribution in [0.15, 0.2) is 48.5 Å². The van der Waals surface area contributed by atoms with E-state index in [-0.39, 0.29) is 0 Å². The standard InChI is InChI=1S/C20H23N3O2/c24-15-22-11-9-21(10-12-22)13-16(25)14-23-19-7-3-1-5-17(19)18-6-2-4-8-20(18)23/h1-8,15-16,25H,9-14H2/p+1/t16-/m0/s1. The van der Waals surface area contributed by atoms with Crippen LogP contribution < -0.4 is 4.90 Å². The third-order valence-electron chi connectivity index (χ3n) is 5.25. The van der Waals surface area contributed by atoms with Crippen LogP contribution in [-0.4, -0.2) is 59.8 Å². The SMILES string of the molecule is O=CN1CC[NH+](C[C@H](O)Cn2c3ccccc3c3ccccc32)CC1. The molecule has 5 nitrogen and oxygen atoms in total. The lowest BCUT2D eigenvalue weighted by atomic mass is 10.2. The predicted molar refractivity (Wildman–Crippen MR) is 98.7 cm³/mol. The molecule has 2 aromatic carbocycles. The van der Waals surface area contributed by atoms with Gasteiger partial charge in [-0.15, -0.1) is 0 Å². The van der Waals surface area contributed by atoms with Gasteiger partial charge in [0.05, 0.1) is 32.7 Å². The zero-order valence-electron chi connectivity index (χ0n) is 14.3. The second kappa shape index (κ2) is 6.86. The molecule has 0 unspecified atom stereocenters. The molecule has 1 aliphatic heterocycles. The van der Waals surface area contributed by atoms with E-state index in [1.54, 1.807) is 0 Å². The number of carbonyl (C=O) groups excluding carboxylic acids is 1. The van der Waals surface area contributed by atoms with Gasteiger partial charge in [0.1, 0.15) is 12.6 Å². The second-order valence-corrected chi connectivity index (χ2v) is 6.89. The first kappa shape index (κ1) is 16.1. The van der Waals surface area contributed by atoms with Gasteiger partial charge in [0.15, 0.2) is 0 Å². The molecule has 130 valence electrons. The van der Waals surface area contributed by atoms with Crippen LogP contribution in [0.2, 0.25) is 0 Å². The molecule has 5 heteroatoms. The Labute approximate surface area is 147 Å². The van der Waals surface area contributed by atoms with Crippen LogP contribution in [0.1, 0.15) is 0 Å². The van der Waals surface area contributed by atoms with E-state index in [9.17, 15) is 9.90 Å². The van der Waals surface area contributed by atoms with E-state index < -0.39 is 6.10 Å². The number of nitrogens with one attached hydrogen (secondary N) is 1. The fraction of sp³-hybridized carbons (Fsp3) is 0.350. The molecule has 1 aromatic heterocycles. The monoisotopic (exact) mass is 338 g/mol. The molecule has 1 amide bonds. The van der Waals surface area contributed by atoms with Gasteiger partial charge in [-0.2, -0.15) is 0 Å². The first-order chi connectivity index (χ1) is 12.3. The number of hydrogen-bond acceptors (Lipinski definition) is 2. The van der Waals surface area contributed by atoms with Gasteiger partial charge < -0.3 is 19.5 Å². The van der Waals surface area contributed by atoms with Gasteiger partial charge >= 0.3 is 0 Å². The highest BCUT2D eigenvalue weighted by Gasteiger charge is 2.22. The normalized spacial score (nSPS) is 17.2. The number of nitrogens with zero attached hydrogens (tertiary/aromatic N) is 2. The Bertz CT molecular complexity index is 828. The molecule has 0 saturated carbocycles. The van der Waals surface area contributed by atoms with Gasteiger partial charge in [-0.25, -0.2) is 0 Å². The van der Waals surface area contributed by atoms with Crippen LogP contribution in [-0.2, 0) is 11.3 Å². The summed E-state index contributed by atoms with van der Waals surface area (Å²) < 4.78 is 2.23. The predicted octanol–water partition coefficient (Wildman–Crippen LogP) is 0.512. The number of aliphatic hydroxyl groups excluding tert-OH is 1. The molecule has 0 spiro atoms. The molecule has 25 heavy (non-hydrogen) atoms. The largest absolute Gasteiger partial charge is 0.385 e. The third kappa shape index (κ3) is 3.13. The summed E-state index contributed by atoms with van der Waals surface area (Å²) in [6, 6.07) is 16.8. The van der Waals surface area contributed by atoms with Gasteiger partial charge in [-0.1, -0.05) is 36.4 Å². The quantitative estimate of drug-likeness (QED) is 0.666. The summed E-state index contributed by atoms with van der Waals surface area (Å²) in [5.74, 6) is 0. The second-order valence-electron chi connectivity index (χ2n) is 6.89. The maximum absolute atomic E-state index is 10.8. The molecule has 0 bridgehead atoms. The number of carbonyl (C=O) groups is 1. The Morgan fingerprint density at radius 2 is 1.56 bits per heavy atom. The molecule has 1 atom stereocenters. The molecule has 1 fully saturated rings. The number of fused-ring (bicyclic) bond motifs is 3. The van der Waals surface area contributed by atoms with Gasteiger partial charge in [0.25, 0.3) is 0 Å². The fourth-order valence-corrected chi connectivity index (χ4v) is 3.96.